The second-order valence-corrected chi connectivity index (χ2v) is 2.83. The molecule has 0 bridgehead atoms. The Morgan fingerprint density at radius 1 is 1.45 bits per heavy atom. The van der Waals surface area contributed by atoms with Crippen molar-refractivity contribution in [1.29, 1.82) is 0 Å². The van der Waals surface area contributed by atoms with Gasteiger partial charge in [-0.15, -0.1) is 0 Å². The van der Waals surface area contributed by atoms with Crippen LogP contribution in [0.1, 0.15) is 11.5 Å². The molecule has 0 aliphatic heterocycles. The number of aromatic nitrogens is 2. The Bertz CT molecular complexity index is 233. The van der Waals surface area contributed by atoms with E-state index in [4.69, 9.17) is 0 Å². The molecule has 60 valence electrons. The maximum atomic E-state index is 4.26. The minimum Gasteiger partial charge on any atom is -0.304 e. The van der Waals surface area contributed by atoms with Gasteiger partial charge < -0.3 is 4.90 Å². The second-order valence-electron chi connectivity index (χ2n) is 2.83. The first-order chi connectivity index (χ1) is 5.18. The van der Waals surface area contributed by atoms with E-state index in [0.717, 1.165) is 18.1 Å². The first-order valence-electron chi connectivity index (χ1n) is 3.62. The van der Waals surface area contributed by atoms with E-state index in [0.29, 0.717) is 0 Å². The van der Waals surface area contributed by atoms with Gasteiger partial charge in [-0.05, 0) is 27.1 Å². The van der Waals surface area contributed by atoms with E-state index in [-0.39, 0.29) is 0 Å². The minimum absolute atomic E-state index is 0.837. The van der Waals surface area contributed by atoms with Crippen LogP contribution in [0.2, 0.25) is 0 Å². The molecule has 1 rings (SSSR count). The van der Waals surface area contributed by atoms with E-state index in [9.17, 15) is 0 Å². The van der Waals surface area contributed by atoms with Crippen LogP contribution in [-0.4, -0.2) is 29.0 Å². The smallest absolute Gasteiger partial charge is 0.125 e. The zero-order valence-electron chi connectivity index (χ0n) is 7.20. The molecule has 3 heteroatoms. The maximum absolute atomic E-state index is 4.26. The summed E-state index contributed by atoms with van der Waals surface area (Å²) in [7, 11) is 4.05. The Balaban J connectivity index is 2.71. The van der Waals surface area contributed by atoms with Crippen molar-refractivity contribution in [3.63, 3.8) is 0 Å². The molecule has 1 aromatic rings. The number of nitrogens with zero attached hydrogens (tertiary/aromatic N) is 3. The van der Waals surface area contributed by atoms with E-state index < -0.39 is 0 Å². The van der Waals surface area contributed by atoms with Crippen LogP contribution < -0.4 is 0 Å². The number of hydrogen-bond acceptors (Lipinski definition) is 3. The number of rotatable bonds is 2. The average Bonchev–Trinajstić information content (AvgIpc) is 1.85. The molecule has 1 heterocycles. The van der Waals surface area contributed by atoms with Crippen LogP contribution in [0.3, 0.4) is 0 Å². The molecule has 0 fully saturated rings. The lowest BCUT2D eigenvalue weighted by Crippen LogP contribution is -2.12. The molecule has 0 amide bonds. The highest BCUT2D eigenvalue weighted by Crippen LogP contribution is 1.96. The van der Waals surface area contributed by atoms with Gasteiger partial charge in [-0.3, -0.25) is 0 Å². The predicted molar refractivity (Wildman–Crippen MR) is 44.2 cm³/mol. The molecule has 0 spiro atoms. The van der Waals surface area contributed by atoms with Crippen molar-refractivity contribution in [2.75, 3.05) is 14.1 Å². The Labute approximate surface area is 67.1 Å². The number of aryl methyl sites for hydroxylation is 1. The highest BCUT2D eigenvalue weighted by atomic mass is 15.1. The van der Waals surface area contributed by atoms with Gasteiger partial charge in [-0.2, -0.15) is 0 Å². The topological polar surface area (TPSA) is 29.0 Å². The van der Waals surface area contributed by atoms with E-state index in [1.165, 1.54) is 0 Å². The van der Waals surface area contributed by atoms with Crippen LogP contribution in [0.5, 0.6) is 0 Å². The van der Waals surface area contributed by atoms with Crippen molar-refractivity contribution < 1.29 is 0 Å². The predicted octanol–water partition coefficient (Wildman–Crippen LogP) is 0.847. The average molecular weight is 151 g/mol. The monoisotopic (exact) mass is 151 g/mol. The first-order valence-corrected chi connectivity index (χ1v) is 3.62. The third-order valence-electron chi connectivity index (χ3n) is 1.31. The van der Waals surface area contributed by atoms with Gasteiger partial charge in [0.2, 0.25) is 0 Å². The molecule has 3 nitrogen and oxygen atoms in total. The fourth-order valence-corrected chi connectivity index (χ4v) is 0.917. The summed E-state index contributed by atoms with van der Waals surface area (Å²) in [6.07, 6.45) is 1.79. The van der Waals surface area contributed by atoms with E-state index >= 15 is 0 Å². The van der Waals surface area contributed by atoms with Crippen LogP contribution >= 0.6 is 0 Å². The molecule has 0 N–H and O–H groups in total. The van der Waals surface area contributed by atoms with Gasteiger partial charge in [-0.1, -0.05) is 0 Å². The molecule has 0 saturated heterocycles. The Morgan fingerprint density at radius 3 is 2.73 bits per heavy atom. The molecule has 0 unspecified atom stereocenters. The number of hydrogen-bond donors (Lipinski definition) is 0. The van der Waals surface area contributed by atoms with Gasteiger partial charge in [-0.25, -0.2) is 9.97 Å². The molecule has 0 atom stereocenters. The Morgan fingerprint density at radius 2 is 2.18 bits per heavy atom. The molecule has 0 radical (unpaired) electrons. The molecular weight excluding hydrogens is 138 g/mol. The van der Waals surface area contributed by atoms with Crippen LogP contribution in [0.4, 0.5) is 0 Å². The van der Waals surface area contributed by atoms with Crippen LogP contribution in [0, 0.1) is 6.92 Å². The van der Waals surface area contributed by atoms with Gasteiger partial charge in [0, 0.05) is 12.7 Å². The lowest BCUT2D eigenvalue weighted by atomic mass is 10.4. The highest BCUT2D eigenvalue weighted by Gasteiger charge is 1.95. The molecule has 1 aromatic heterocycles. The van der Waals surface area contributed by atoms with Crippen molar-refractivity contribution in [1.82, 2.24) is 14.9 Å². The fourth-order valence-electron chi connectivity index (χ4n) is 0.917. The lowest BCUT2D eigenvalue weighted by Gasteiger charge is -2.07. The molecular formula is C8H13N3. The van der Waals surface area contributed by atoms with Crippen molar-refractivity contribution in [3.8, 4) is 0 Å². The largest absolute Gasteiger partial charge is 0.304 e. The van der Waals surface area contributed by atoms with Gasteiger partial charge in [0.25, 0.3) is 0 Å². The SMILES string of the molecule is Cc1nccc(CN(C)C)n1. The quantitative estimate of drug-likeness (QED) is 0.627. The lowest BCUT2D eigenvalue weighted by molar-refractivity contribution is 0.396. The third kappa shape index (κ3) is 2.63. The summed E-state index contributed by atoms with van der Waals surface area (Å²) in [5, 5.41) is 0. The molecule has 11 heavy (non-hydrogen) atoms. The van der Waals surface area contributed by atoms with Gasteiger partial charge in [0.1, 0.15) is 5.82 Å². The Kier molecular flexibility index (Phi) is 2.54. The minimum atomic E-state index is 0.837. The van der Waals surface area contributed by atoms with E-state index in [2.05, 4.69) is 14.9 Å². The normalized spacial score (nSPS) is 10.5. The van der Waals surface area contributed by atoms with Gasteiger partial charge in [0.05, 0.1) is 5.69 Å². The summed E-state index contributed by atoms with van der Waals surface area (Å²) < 4.78 is 0. The van der Waals surface area contributed by atoms with Gasteiger partial charge >= 0.3 is 0 Å². The summed E-state index contributed by atoms with van der Waals surface area (Å²) >= 11 is 0. The first kappa shape index (κ1) is 8.14. The highest BCUT2D eigenvalue weighted by molar-refractivity contribution is 5.00. The fraction of sp³-hybridized carbons (Fsp3) is 0.500. The van der Waals surface area contributed by atoms with Crippen molar-refractivity contribution in [2.45, 2.75) is 13.5 Å². The zero-order valence-corrected chi connectivity index (χ0v) is 7.20. The van der Waals surface area contributed by atoms with Crippen LogP contribution in [0.25, 0.3) is 0 Å². The van der Waals surface area contributed by atoms with Crippen LogP contribution in [-0.2, 0) is 6.54 Å². The molecule has 0 aromatic carbocycles. The maximum Gasteiger partial charge on any atom is 0.125 e. The standard InChI is InChI=1S/C8H13N3/c1-7-9-5-4-8(10-7)6-11(2)3/h4-5H,6H2,1-3H3. The summed E-state index contributed by atoms with van der Waals surface area (Å²) in [5.74, 6) is 0.837. The second kappa shape index (κ2) is 3.44. The third-order valence-corrected chi connectivity index (χ3v) is 1.31. The van der Waals surface area contributed by atoms with E-state index in [1.54, 1.807) is 6.20 Å². The summed E-state index contributed by atoms with van der Waals surface area (Å²) in [4.78, 5) is 10.4. The molecule has 0 aliphatic rings. The van der Waals surface area contributed by atoms with Gasteiger partial charge in [0.15, 0.2) is 0 Å². The molecule has 0 saturated carbocycles. The summed E-state index contributed by atoms with van der Waals surface area (Å²) in [6.45, 7) is 2.78. The Hall–Kier alpha value is -0.960. The molecule has 0 aliphatic carbocycles. The summed E-state index contributed by atoms with van der Waals surface area (Å²) in [5.41, 5.74) is 1.07. The zero-order chi connectivity index (χ0) is 8.27. The summed E-state index contributed by atoms with van der Waals surface area (Å²) in [6, 6.07) is 1.94. The van der Waals surface area contributed by atoms with Crippen molar-refractivity contribution >= 4 is 0 Å². The van der Waals surface area contributed by atoms with Crippen LogP contribution in [0.15, 0.2) is 12.3 Å². The van der Waals surface area contributed by atoms with Crippen molar-refractivity contribution in [3.05, 3.63) is 23.8 Å². The van der Waals surface area contributed by atoms with E-state index in [1.807, 2.05) is 27.1 Å². The van der Waals surface area contributed by atoms with Crippen molar-refractivity contribution in [2.24, 2.45) is 0 Å².